The summed E-state index contributed by atoms with van der Waals surface area (Å²) in [6.07, 6.45) is 3.58. The van der Waals surface area contributed by atoms with Gasteiger partial charge in [-0.2, -0.15) is 0 Å². The molecule has 0 amide bonds. The molecule has 1 aromatic carbocycles. The maximum atomic E-state index is 6.25. The van der Waals surface area contributed by atoms with E-state index in [1.807, 2.05) is 0 Å². The van der Waals surface area contributed by atoms with Crippen molar-refractivity contribution in [2.45, 2.75) is 51.5 Å². The highest BCUT2D eigenvalue weighted by Gasteiger charge is 2.31. The number of piperidine rings is 1. The highest BCUT2D eigenvalue weighted by Crippen LogP contribution is 2.35. The van der Waals surface area contributed by atoms with Crippen LogP contribution in [0.3, 0.4) is 0 Å². The van der Waals surface area contributed by atoms with Gasteiger partial charge in [0.25, 0.3) is 0 Å². The Morgan fingerprint density at radius 2 is 1.76 bits per heavy atom. The van der Waals surface area contributed by atoms with Crippen molar-refractivity contribution in [3.05, 3.63) is 34.3 Å². The van der Waals surface area contributed by atoms with Gasteiger partial charge < -0.3 is 10.6 Å². The molecule has 21 heavy (non-hydrogen) atoms. The first-order valence-electron chi connectivity index (χ1n) is 8.13. The van der Waals surface area contributed by atoms with Gasteiger partial charge in [0.2, 0.25) is 0 Å². The maximum Gasteiger partial charge on any atom is 0.0175 e. The van der Waals surface area contributed by atoms with Crippen LogP contribution in [0.4, 0.5) is 0 Å². The van der Waals surface area contributed by atoms with Crippen LogP contribution in [-0.4, -0.2) is 30.6 Å². The van der Waals surface area contributed by atoms with E-state index < -0.39 is 0 Å². The lowest BCUT2D eigenvalue weighted by Gasteiger charge is -2.40. The van der Waals surface area contributed by atoms with Crippen LogP contribution in [0.25, 0.3) is 0 Å². The zero-order valence-electron chi connectivity index (χ0n) is 13.6. The molecule has 0 radical (unpaired) electrons. The Labute approximate surface area is 138 Å². The SMILES string of the molecule is CC(C)CC(N)CN1CCC(C)(c2ccc(Br)cc2)CC1. The molecule has 1 atom stereocenters. The number of halogens is 1. The lowest BCUT2D eigenvalue weighted by atomic mass is 9.74. The minimum atomic E-state index is 0.319. The second-order valence-corrected chi connectivity index (χ2v) is 8.17. The number of likely N-dealkylation sites (tertiary alicyclic amines) is 1. The fourth-order valence-electron chi connectivity index (χ4n) is 3.38. The summed E-state index contributed by atoms with van der Waals surface area (Å²) in [4.78, 5) is 2.55. The van der Waals surface area contributed by atoms with Crippen molar-refractivity contribution in [1.82, 2.24) is 4.90 Å². The molecule has 2 N–H and O–H groups in total. The summed E-state index contributed by atoms with van der Waals surface area (Å²) < 4.78 is 1.16. The van der Waals surface area contributed by atoms with E-state index in [-0.39, 0.29) is 0 Å². The molecule has 0 saturated carbocycles. The Hall–Kier alpha value is -0.380. The van der Waals surface area contributed by atoms with E-state index in [4.69, 9.17) is 5.73 Å². The van der Waals surface area contributed by atoms with Crippen LogP contribution in [0.5, 0.6) is 0 Å². The van der Waals surface area contributed by atoms with Gasteiger partial charge >= 0.3 is 0 Å². The molecule has 2 nitrogen and oxygen atoms in total. The fraction of sp³-hybridized carbons (Fsp3) is 0.667. The van der Waals surface area contributed by atoms with Crippen molar-refractivity contribution in [3.8, 4) is 0 Å². The van der Waals surface area contributed by atoms with Gasteiger partial charge in [-0.05, 0) is 61.4 Å². The number of nitrogens with zero attached hydrogens (tertiary/aromatic N) is 1. The Bertz CT molecular complexity index is 433. The summed E-state index contributed by atoms with van der Waals surface area (Å²) in [5, 5.41) is 0. The number of rotatable bonds is 5. The first-order chi connectivity index (χ1) is 9.89. The third-order valence-electron chi connectivity index (χ3n) is 4.77. The Balaban J connectivity index is 1.88. The molecule has 1 aliphatic heterocycles. The van der Waals surface area contributed by atoms with Gasteiger partial charge in [-0.1, -0.05) is 48.8 Å². The fourth-order valence-corrected chi connectivity index (χ4v) is 3.65. The van der Waals surface area contributed by atoms with Crippen molar-refractivity contribution in [1.29, 1.82) is 0 Å². The molecule has 3 heteroatoms. The van der Waals surface area contributed by atoms with Crippen molar-refractivity contribution in [2.24, 2.45) is 11.7 Å². The third kappa shape index (κ3) is 4.80. The summed E-state index contributed by atoms with van der Waals surface area (Å²) in [5.74, 6) is 0.692. The standard InChI is InChI=1S/C18H29BrN2/c1-14(2)12-17(20)13-21-10-8-18(3,9-11-21)15-4-6-16(19)7-5-15/h4-7,14,17H,8-13,20H2,1-3H3. The molecular weight excluding hydrogens is 324 g/mol. The van der Waals surface area contributed by atoms with E-state index in [2.05, 4.69) is 65.9 Å². The Morgan fingerprint density at radius 1 is 1.19 bits per heavy atom. The summed E-state index contributed by atoms with van der Waals surface area (Å²) in [5.41, 5.74) is 8.04. The minimum absolute atomic E-state index is 0.319. The zero-order valence-corrected chi connectivity index (χ0v) is 15.2. The van der Waals surface area contributed by atoms with Gasteiger partial charge in [-0.25, -0.2) is 0 Å². The molecule has 1 heterocycles. The van der Waals surface area contributed by atoms with Crippen LogP contribution in [-0.2, 0) is 5.41 Å². The summed E-state index contributed by atoms with van der Waals surface area (Å²) in [6, 6.07) is 9.17. The smallest absolute Gasteiger partial charge is 0.0175 e. The number of benzene rings is 1. The maximum absolute atomic E-state index is 6.25. The quantitative estimate of drug-likeness (QED) is 0.861. The number of hydrogen-bond acceptors (Lipinski definition) is 2. The molecular formula is C18H29BrN2. The van der Waals surface area contributed by atoms with Gasteiger partial charge in [0.1, 0.15) is 0 Å². The molecule has 1 aromatic rings. The minimum Gasteiger partial charge on any atom is -0.327 e. The molecule has 0 aromatic heterocycles. The molecule has 0 aliphatic carbocycles. The highest BCUT2D eigenvalue weighted by atomic mass is 79.9. The molecule has 1 aliphatic rings. The molecule has 0 spiro atoms. The van der Waals surface area contributed by atoms with E-state index in [0.717, 1.165) is 17.4 Å². The number of nitrogens with two attached hydrogens (primary N) is 1. The predicted molar refractivity (Wildman–Crippen MR) is 94.6 cm³/mol. The average molecular weight is 353 g/mol. The largest absolute Gasteiger partial charge is 0.327 e. The topological polar surface area (TPSA) is 29.3 Å². The average Bonchev–Trinajstić information content (AvgIpc) is 2.41. The predicted octanol–water partition coefficient (Wildman–Crippen LogP) is 4.18. The number of hydrogen-bond donors (Lipinski definition) is 1. The second-order valence-electron chi connectivity index (χ2n) is 7.26. The lowest BCUT2D eigenvalue weighted by Crippen LogP contribution is -2.46. The first-order valence-corrected chi connectivity index (χ1v) is 8.92. The van der Waals surface area contributed by atoms with Crippen molar-refractivity contribution >= 4 is 15.9 Å². The second kappa shape index (κ2) is 7.26. The molecule has 0 bridgehead atoms. The summed E-state index contributed by atoms with van der Waals surface area (Å²) in [7, 11) is 0. The van der Waals surface area contributed by atoms with Gasteiger partial charge in [-0.3, -0.25) is 0 Å². The monoisotopic (exact) mass is 352 g/mol. The van der Waals surface area contributed by atoms with Crippen LogP contribution in [0.1, 0.15) is 45.6 Å². The molecule has 1 unspecified atom stereocenters. The lowest BCUT2D eigenvalue weighted by molar-refractivity contribution is 0.157. The third-order valence-corrected chi connectivity index (χ3v) is 5.30. The summed E-state index contributed by atoms with van der Waals surface area (Å²) in [6.45, 7) is 10.3. The Morgan fingerprint density at radius 3 is 2.29 bits per heavy atom. The highest BCUT2D eigenvalue weighted by molar-refractivity contribution is 9.10. The van der Waals surface area contributed by atoms with E-state index in [1.165, 1.54) is 31.5 Å². The van der Waals surface area contributed by atoms with Gasteiger partial charge in [-0.15, -0.1) is 0 Å². The van der Waals surface area contributed by atoms with E-state index in [9.17, 15) is 0 Å². The van der Waals surface area contributed by atoms with Gasteiger partial charge in [0.05, 0.1) is 0 Å². The van der Waals surface area contributed by atoms with E-state index in [1.54, 1.807) is 0 Å². The van der Waals surface area contributed by atoms with E-state index >= 15 is 0 Å². The summed E-state index contributed by atoms with van der Waals surface area (Å²) >= 11 is 3.52. The van der Waals surface area contributed by atoms with Crippen LogP contribution in [0.15, 0.2) is 28.7 Å². The van der Waals surface area contributed by atoms with Crippen LogP contribution in [0.2, 0.25) is 0 Å². The normalized spacial score (nSPS) is 20.7. The van der Waals surface area contributed by atoms with Crippen LogP contribution in [0, 0.1) is 5.92 Å². The van der Waals surface area contributed by atoms with Crippen LogP contribution < -0.4 is 5.73 Å². The first kappa shape index (κ1) is 17.0. The molecule has 1 saturated heterocycles. The molecule has 1 fully saturated rings. The molecule has 2 rings (SSSR count). The zero-order chi connectivity index (χ0) is 15.5. The van der Waals surface area contributed by atoms with Crippen molar-refractivity contribution < 1.29 is 0 Å². The van der Waals surface area contributed by atoms with Crippen molar-refractivity contribution in [3.63, 3.8) is 0 Å². The Kier molecular flexibility index (Phi) is 5.87. The van der Waals surface area contributed by atoms with Crippen molar-refractivity contribution in [2.75, 3.05) is 19.6 Å². The van der Waals surface area contributed by atoms with Crippen LogP contribution >= 0.6 is 15.9 Å². The van der Waals surface area contributed by atoms with Gasteiger partial charge in [0, 0.05) is 17.1 Å². The van der Waals surface area contributed by atoms with Gasteiger partial charge in [0.15, 0.2) is 0 Å². The van der Waals surface area contributed by atoms with E-state index in [0.29, 0.717) is 17.4 Å². The molecule has 118 valence electrons.